The van der Waals surface area contributed by atoms with Crippen LogP contribution in [0.5, 0.6) is 0 Å². The van der Waals surface area contributed by atoms with Crippen molar-refractivity contribution in [1.82, 2.24) is 5.32 Å². The summed E-state index contributed by atoms with van der Waals surface area (Å²) < 4.78 is 0. The van der Waals surface area contributed by atoms with Crippen molar-refractivity contribution in [2.45, 2.75) is 52.9 Å². The molecular weight excluding hydrogens is 182 g/mol. The first kappa shape index (κ1) is 12.8. The standard InChI is InChI=1S/C14H27N/c1-14(2,3)10-13(11-15-4)12-8-6-5-7-9-12/h10,12,15H,5-9,11H2,1-4H3. The summed E-state index contributed by atoms with van der Waals surface area (Å²) in [6.07, 6.45) is 9.59. The number of allylic oxidation sites excluding steroid dienone is 1. The van der Waals surface area contributed by atoms with Gasteiger partial charge in [-0.2, -0.15) is 0 Å². The summed E-state index contributed by atoms with van der Waals surface area (Å²) in [5.41, 5.74) is 1.97. The molecule has 1 rings (SSSR count). The van der Waals surface area contributed by atoms with Crippen molar-refractivity contribution in [1.29, 1.82) is 0 Å². The van der Waals surface area contributed by atoms with E-state index in [1.54, 1.807) is 5.57 Å². The van der Waals surface area contributed by atoms with Gasteiger partial charge in [0, 0.05) is 6.54 Å². The highest BCUT2D eigenvalue weighted by atomic mass is 14.8. The largest absolute Gasteiger partial charge is 0.316 e. The molecule has 1 heteroatoms. The van der Waals surface area contributed by atoms with Crippen LogP contribution in [0.25, 0.3) is 0 Å². The van der Waals surface area contributed by atoms with Crippen LogP contribution < -0.4 is 5.32 Å². The van der Waals surface area contributed by atoms with Crippen LogP contribution in [0.4, 0.5) is 0 Å². The first-order chi connectivity index (χ1) is 7.03. The van der Waals surface area contributed by atoms with Gasteiger partial charge < -0.3 is 5.32 Å². The van der Waals surface area contributed by atoms with Gasteiger partial charge in [-0.15, -0.1) is 0 Å². The van der Waals surface area contributed by atoms with Crippen molar-refractivity contribution < 1.29 is 0 Å². The molecule has 0 aliphatic heterocycles. The lowest BCUT2D eigenvalue weighted by atomic mass is 9.80. The molecule has 1 saturated carbocycles. The maximum Gasteiger partial charge on any atom is 0.0164 e. The van der Waals surface area contributed by atoms with Crippen LogP contribution in [0, 0.1) is 11.3 Å². The minimum Gasteiger partial charge on any atom is -0.316 e. The summed E-state index contributed by atoms with van der Waals surface area (Å²) in [5, 5.41) is 3.32. The van der Waals surface area contributed by atoms with E-state index in [0.717, 1.165) is 12.5 Å². The summed E-state index contributed by atoms with van der Waals surface area (Å²) >= 11 is 0. The van der Waals surface area contributed by atoms with Crippen LogP contribution in [0.3, 0.4) is 0 Å². The Kier molecular flexibility index (Phi) is 4.85. The van der Waals surface area contributed by atoms with Crippen LogP contribution >= 0.6 is 0 Å². The lowest BCUT2D eigenvalue weighted by Crippen LogP contribution is -2.21. The Balaban J connectivity index is 2.67. The summed E-state index contributed by atoms with van der Waals surface area (Å²) in [4.78, 5) is 0. The summed E-state index contributed by atoms with van der Waals surface area (Å²) in [5.74, 6) is 0.852. The number of likely N-dealkylation sites (N-methyl/N-ethyl adjacent to an activating group) is 1. The lowest BCUT2D eigenvalue weighted by Gasteiger charge is -2.27. The van der Waals surface area contributed by atoms with E-state index in [1.165, 1.54) is 32.1 Å². The Labute approximate surface area is 95.3 Å². The van der Waals surface area contributed by atoms with Gasteiger partial charge in [0.2, 0.25) is 0 Å². The Bertz CT molecular complexity index is 204. The third kappa shape index (κ3) is 4.83. The van der Waals surface area contributed by atoms with Gasteiger partial charge in [0.15, 0.2) is 0 Å². The minimum absolute atomic E-state index is 0.323. The Morgan fingerprint density at radius 2 is 1.80 bits per heavy atom. The smallest absolute Gasteiger partial charge is 0.0164 e. The SMILES string of the molecule is CNCC(=CC(C)(C)C)C1CCCCC1. The van der Waals surface area contributed by atoms with Gasteiger partial charge in [0.25, 0.3) is 0 Å². The second-order valence-corrected chi connectivity index (χ2v) is 5.95. The van der Waals surface area contributed by atoms with E-state index >= 15 is 0 Å². The highest BCUT2D eigenvalue weighted by Crippen LogP contribution is 2.31. The molecule has 0 bridgehead atoms. The second kappa shape index (κ2) is 5.69. The molecule has 0 heterocycles. The van der Waals surface area contributed by atoms with Gasteiger partial charge in [-0.25, -0.2) is 0 Å². The molecule has 0 saturated heterocycles. The summed E-state index contributed by atoms with van der Waals surface area (Å²) in [7, 11) is 2.05. The molecule has 88 valence electrons. The molecule has 0 aromatic carbocycles. The first-order valence-electron chi connectivity index (χ1n) is 6.39. The fraction of sp³-hybridized carbons (Fsp3) is 0.857. The molecule has 0 aromatic heterocycles. The third-order valence-electron chi connectivity index (χ3n) is 3.13. The number of nitrogens with one attached hydrogen (secondary N) is 1. The second-order valence-electron chi connectivity index (χ2n) is 5.95. The zero-order valence-corrected chi connectivity index (χ0v) is 10.9. The normalized spacial score (nSPS) is 20.7. The van der Waals surface area contributed by atoms with Crippen molar-refractivity contribution in [3.05, 3.63) is 11.6 Å². The van der Waals surface area contributed by atoms with Crippen molar-refractivity contribution in [3.63, 3.8) is 0 Å². The van der Waals surface area contributed by atoms with E-state index in [0.29, 0.717) is 5.41 Å². The van der Waals surface area contributed by atoms with E-state index in [2.05, 4.69) is 39.2 Å². The molecule has 0 aromatic rings. The number of hydrogen-bond acceptors (Lipinski definition) is 1. The first-order valence-corrected chi connectivity index (χ1v) is 6.39. The van der Waals surface area contributed by atoms with Crippen LogP contribution in [-0.4, -0.2) is 13.6 Å². The maximum absolute atomic E-state index is 3.32. The van der Waals surface area contributed by atoms with E-state index in [9.17, 15) is 0 Å². The zero-order chi connectivity index (χ0) is 11.3. The molecule has 0 unspecified atom stereocenters. The average Bonchev–Trinajstić information content (AvgIpc) is 2.17. The maximum atomic E-state index is 3.32. The fourth-order valence-corrected chi connectivity index (χ4v) is 2.55. The lowest BCUT2D eigenvalue weighted by molar-refractivity contribution is 0.389. The molecular formula is C14H27N. The quantitative estimate of drug-likeness (QED) is 0.698. The predicted molar refractivity (Wildman–Crippen MR) is 68.0 cm³/mol. The fourth-order valence-electron chi connectivity index (χ4n) is 2.55. The summed E-state index contributed by atoms with van der Waals surface area (Å²) in [6.45, 7) is 7.96. The van der Waals surface area contributed by atoms with Crippen molar-refractivity contribution in [2.75, 3.05) is 13.6 Å². The molecule has 1 aliphatic rings. The number of rotatable bonds is 3. The monoisotopic (exact) mass is 209 g/mol. The molecule has 1 N–H and O–H groups in total. The third-order valence-corrected chi connectivity index (χ3v) is 3.13. The highest BCUT2D eigenvalue weighted by Gasteiger charge is 2.19. The molecule has 1 fully saturated rings. The highest BCUT2D eigenvalue weighted by molar-refractivity contribution is 5.13. The van der Waals surface area contributed by atoms with Crippen molar-refractivity contribution >= 4 is 0 Å². The van der Waals surface area contributed by atoms with Gasteiger partial charge in [0.05, 0.1) is 0 Å². The van der Waals surface area contributed by atoms with E-state index in [4.69, 9.17) is 0 Å². The Morgan fingerprint density at radius 3 is 2.27 bits per heavy atom. The molecule has 0 radical (unpaired) electrons. The van der Waals surface area contributed by atoms with Crippen molar-refractivity contribution in [2.24, 2.45) is 11.3 Å². The van der Waals surface area contributed by atoms with Crippen LogP contribution in [0.1, 0.15) is 52.9 Å². The van der Waals surface area contributed by atoms with Crippen molar-refractivity contribution in [3.8, 4) is 0 Å². The topological polar surface area (TPSA) is 12.0 Å². The average molecular weight is 209 g/mol. The van der Waals surface area contributed by atoms with Gasteiger partial charge >= 0.3 is 0 Å². The molecule has 1 nitrogen and oxygen atoms in total. The predicted octanol–water partition coefficient (Wildman–Crippen LogP) is 3.76. The zero-order valence-electron chi connectivity index (χ0n) is 10.9. The van der Waals surface area contributed by atoms with Crippen LogP contribution in [0.15, 0.2) is 11.6 Å². The molecule has 0 amide bonds. The van der Waals surface area contributed by atoms with Gasteiger partial charge in [-0.1, -0.05) is 51.7 Å². The molecule has 1 aliphatic carbocycles. The summed E-state index contributed by atoms with van der Waals surface area (Å²) in [6, 6.07) is 0. The van der Waals surface area contributed by atoms with Gasteiger partial charge in [0.1, 0.15) is 0 Å². The Hall–Kier alpha value is -0.300. The Morgan fingerprint density at radius 1 is 1.20 bits per heavy atom. The van der Waals surface area contributed by atoms with Crippen LogP contribution in [0.2, 0.25) is 0 Å². The molecule has 15 heavy (non-hydrogen) atoms. The molecule has 0 spiro atoms. The van der Waals surface area contributed by atoms with E-state index in [-0.39, 0.29) is 0 Å². The van der Waals surface area contributed by atoms with E-state index in [1.807, 2.05) is 0 Å². The van der Waals surface area contributed by atoms with Gasteiger partial charge in [-0.05, 0) is 31.2 Å². The minimum atomic E-state index is 0.323. The number of hydrogen-bond donors (Lipinski definition) is 1. The van der Waals surface area contributed by atoms with Gasteiger partial charge in [-0.3, -0.25) is 0 Å². The molecule has 0 atom stereocenters. The van der Waals surface area contributed by atoms with Crippen LogP contribution in [-0.2, 0) is 0 Å². The van der Waals surface area contributed by atoms with E-state index < -0.39 is 0 Å².